The molecule has 8 heteroatoms. The van der Waals surface area contributed by atoms with Gasteiger partial charge in [-0.1, -0.05) is 0 Å². The number of nitrogens with one attached hydrogen (secondary N) is 1. The van der Waals surface area contributed by atoms with Crippen LogP contribution in [-0.2, 0) is 17.8 Å². The number of fused-ring (bicyclic) bond motifs is 1. The van der Waals surface area contributed by atoms with Crippen LogP contribution in [0, 0.1) is 5.92 Å². The van der Waals surface area contributed by atoms with Crippen molar-refractivity contribution >= 4 is 11.8 Å². The molecule has 1 aliphatic carbocycles. The Morgan fingerprint density at radius 3 is 2.85 bits per heavy atom. The summed E-state index contributed by atoms with van der Waals surface area (Å²) in [4.78, 5) is 39.2. The van der Waals surface area contributed by atoms with Crippen molar-refractivity contribution in [1.82, 2.24) is 29.7 Å². The zero-order chi connectivity index (χ0) is 18.1. The van der Waals surface area contributed by atoms with Gasteiger partial charge in [0, 0.05) is 38.2 Å². The lowest BCUT2D eigenvalue weighted by molar-refractivity contribution is -0.120. The van der Waals surface area contributed by atoms with E-state index in [2.05, 4.69) is 20.3 Å². The Morgan fingerprint density at radius 2 is 2.12 bits per heavy atom. The highest BCUT2D eigenvalue weighted by molar-refractivity contribution is 5.92. The second-order valence-corrected chi connectivity index (χ2v) is 6.97. The van der Waals surface area contributed by atoms with Gasteiger partial charge in [-0.05, 0) is 25.7 Å². The summed E-state index contributed by atoms with van der Waals surface area (Å²) in [5, 5.41) is 2.97. The number of rotatable bonds is 5. The van der Waals surface area contributed by atoms with Crippen LogP contribution in [0.1, 0.15) is 47.8 Å². The first-order valence-corrected chi connectivity index (χ1v) is 9.01. The fourth-order valence-electron chi connectivity index (χ4n) is 3.27. The summed E-state index contributed by atoms with van der Waals surface area (Å²) in [6, 6.07) is -0.179. The van der Waals surface area contributed by atoms with Crippen molar-refractivity contribution in [3.8, 4) is 0 Å². The van der Waals surface area contributed by atoms with Crippen LogP contribution in [0.25, 0.3) is 0 Å². The summed E-state index contributed by atoms with van der Waals surface area (Å²) in [7, 11) is 0. The average molecular weight is 354 g/mol. The highest BCUT2D eigenvalue weighted by Gasteiger charge is 2.31. The topological polar surface area (TPSA) is 93.0 Å². The molecule has 2 amide bonds. The normalized spacial score (nSPS) is 19.1. The average Bonchev–Trinajstić information content (AvgIpc) is 3.39. The molecule has 0 bridgehead atoms. The van der Waals surface area contributed by atoms with E-state index in [4.69, 9.17) is 0 Å². The van der Waals surface area contributed by atoms with Crippen LogP contribution < -0.4 is 5.32 Å². The maximum Gasteiger partial charge on any atom is 0.274 e. The lowest BCUT2D eigenvalue weighted by atomic mass is 10.2. The molecule has 0 radical (unpaired) electrons. The van der Waals surface area contributed by atoms with E-state index in [1.165, 1.54) is 25.2 Å². The maximum absolute atomic E-state index is 12.7. The predicted molar refractivity (Wildman–Crippen MR) is 93.1 cm³/mol. The molecule has 0 aromatic carbocycles. The summed E-state index contributed by atoms with van der Waals surface area (Å²) in [5.41, 5.74) is 1.08. The molecule has 1 saturated carbocycles. The summed E-state index contributed by atoms with van der Waals surface area (Å²) in [5.74, 6) is 1.32. The van der Waals surface area contributed by atoms with Crippen LogP contribution in [0.3, 0.4) is 0 Å². The zero-order valence-electron chi connectivity index (χ0n) is 14.8. The van der Waals surface area contributed by atoms with Gasteiger partial charge < -0.3 is 14.8 Å². The maximum atomic E-state index is 12.7. The molecule has 3 heterocycles. The minimum Gasteiger partial charge on any atom is -0.355 e. The monoisotopic (exact) mass is 354 g/mol. The highest BCUT2D eigenvalue weighted by Crippen LogP contribution is 2.28. The Labute approximate surface area is 151 Å². The number of amides is 2. The van der Waals surface area contributed by atoms with Crippen molar-refractivity contribution < 1.29 is 9.59 Å². The summed E-state index contributed by atoms with van der Waals surface area (Å²) in [6.45, 7) is 3.95. The molecule has 26 heavy (non-hydrogen) atoms. The van der Waals surface area contributed by atoms with Gasteiger partial charge >= 0.3 is 0 Å². The van der Waals surface area contributed by atoms with E-state index in [9.17, 15) is 9.59 Å². The van der Waals surface area contributed by atoms with Gasteiger partial charge in [0.2, 0.25) is 5.91 Å². The van der Waals surface area contributed by atoms with Gasteiger partial charge in [0.15, 0.2) is 0 Å². The van der Waals surface area contributed by atoms with Gasteiger partial charge in [0.1, 0.15) is 11.5 Å². The third-order valence-corrected chi connectivity index (χ3v) is 4.95. The first kappa shape index (κ1) is 16.7. The molecule has 2 aromatic heterocycles. The summed E-state index contributed by atoms with van der Waals surface area (Å²) >= 11 is 0. The molecule has 1 N–H and O–H groups in total. The number of hydrogen-bond donors (Lipinski definition) is 1. The first-order valence-electron chi connectivity index (χ1n) is 9.01. The van der Waals surface area contributed by atoms with Crippen LogP contribution in [-0.4, -0.2) is 49.3 Å². The Bertz CT molecular complexity index is 814. The van der Waals surface area contributed by atoms with Crippen molar-refractivity contribution in [3.05, 3.63) is 42.0 Å². The number of hydrogen-bond acceptors (Lipinski definition) is 5. The number of imidazole rings is 1. The summed E-state index contributed by atoms with van der Waals surface area (Å²) < 4.78 is 2.04. The van der Waals surface area contributed by atoms with E-state index in [1.54, 1.807) is 11.1 Å². The van der Waals surface area contributed by atoms with Gasteiger partial charge in [-0.25, -0.2) is 9.97 Å². The van der Waals surface area contributed by atoms with E-state index >= 15 is 0 Å². The third-order valence-electron chi connectivity index (χ3n) is 4.95. The largest absolute Gasteiger partial charge is 0.355 e. The molecule has 1 atom stereocenters. The number of carbonyl (C=O) groups excluding carboxylic acids is 2. The fraction of sp³-hybridized carbons (Fsp3) is 0.500. The Kier molecular flexibility index (Phi) is 4.40. The molecule has 2 aromatic rings. The Balaban J connectivity index is 1.44. The van der Waals surface area contributed by atoms with Crippen LogP contribution in [0.4, 0.5) is 0 Å². The minimum atomic E-state index is -0.179. The second-order valence-electron chi connectivity index (χ2n) is 6.97. The molecule has 1 fully saturated rings. The van der Waals surface area contributed by atoms with Crippen molar-refractivity contribution in [1.29, 1.82) is 0 Å². The molecule has 4 rings (SSSR count). The smallest absolute Gasteiger partial charge is 0.274 e. The highest BCUT2D eigenvalue weighted by atomic mass is 16.2. The minimum absolute atomic E-state index is 0.00694. The number of carbonyl (C=O) groups is 2. The quantitative estimate of drug-likeness (QED) is 0.863. The number of aromatic nitrogens is 4. The van der Waals surface area contributed by atoms with E-state index < -0.39 is 0 Å². The fourth-order valence-corrected chi connectivity index (χ4v) is 3.27. The molecule has 0 spiro atoms. The number of nitrogens with zero attached hydrogens (tertiary/aromatic N) is 5. The SMILES string of the molecule is CC1c2nc(CC(=O)NCC3CC3)cn2CCN1C(=O)c1cnccn1. The van der Waals surface area contributed by atoms with Crippen molar-refractivity contribution in [2.24, 2.45) is 5.92 Å². The van der Waals surface area contributed by atoms with Gasteiger partial charge in [-0.3, -0.25) is 14.6 Å². The van der Waals surface area contributed by atoms with Gasteiger partial charge in [-0.2, -0.15) is 0 Å². The van der Waals surface area contributed by atoms with Gasteiger partial charge in [0.05, 0.1) is 24.4 Å². The van der Waals surface area contributed by atoms with E-state index in [1.807, 2.05) is 17.7 Å². The van der Waals surface area contributed by atoms with Crippen molar-refractivity contribution in [2.75, 3.05) is 13.1 Å². The van der Waals surface area contributed by atoms with E-state index in [-0.39, 0.29) is 24.3 Å². The van der Waals surface area contributed by atoms with Crippen molar-refractivity contribution in [3.63, 3.8) is 0 Å². The first-order chi connectivity index (χ1) is 12.6. The molecule has 2 aliphatic rings. The molecular formula is C18H22N6O2. The Hall–Kier alpha value is -2.77. The van der Waals surface area contributed by atoms with Crippen LogP contribution in [0.5, 0.6) is 0 Å². The van der Waals surface area contributed by atoms with Gasteiger partial charge in [0.25, 0.3) is 5.91 Å². The lowest BCUT2D eigenvalue weighted by Gasteiger charge is -2.33. The molecule has 8 nitrogen and oxygen atoms in total. The molecule has 1 aliphatic heterocycles. The van der Waals surface area contributed by atoms with E-state index in [0.29, 0.717) is 24.7 Å². The Morgan fingerprint density at radius 1 is 1.27 bits per heavy atom. The summed E-state index contributed by atoms with van der Waals surface area (Å²) in [6.07, 6.45) is 9.17. The van der Waals surface area contributed by atoms with E-state index in [0.717, 1.165) is 18.1 Å². The van der Waals surface area contributed by atoms with Gasteiger partial charge in [-0.15, -0.1) is 0 Å². The lowest BCUT2D eigenvalue weighted by Crippen LogP contribution is -2.41. The standard InChI is InChI=1S/C18H22N6O2/c1-12-17-22-14(8-16(25)21-9-13-2-3-13)11-23(17)6-7-24(12)18(26)15-10-19-4-5-20-15/h4-5,10-13H,2-3,6-9H2,1H3,(H,21,25). The predicted octanol–water partition coefficient (Wildman–Crippen LogP) is 0.959. The van der Waals surface area contributed by atoms with Crippen molar-refractivity contribution in [2.45, 2.75) is 38.8 Å². The van der Waals surface area contributed by atoms with Crippen LogP contribution >= 0.6 is 0 Å². The molecule has 1 unspecified atom stereocenters. The second kappa shape index (κ2) is 6.86. The molecule has 136 valence electrons. The van der Waals surface area contributed by atoms with Crippen LogP contribution in [0.2, 0.25) is 0 Å². The third kappa shape index (κ3) is 3.44. The zero-order valence-corrected chi connectivity index (χ0v) is 14.8. The molecular weight excluding hydrogens is 332 g/mol. The molecule has 0 saturated heterocycles. The van der Waals surface area contributed by atoms with Crippen LogP contribution in [0.15, 0.2) is 24.8 Å².